The quantitative estimate of drug-likeness (QED) is 0.176. The van der Waals surface area contributed by atoms with Gasteiger partial charge in [-0.15, -0.1) is 0 Å². The molecular formula is C49H31N3O. The Balaban J connectivity index is 1.24. The lowest BCUT2D eigenvalue weighted by Crippen LogP contribution is -2.01. The van der Waals surface area contributed by atoms with Crippen molar-refractivity contribution in [1.82, 2.24) is 15.0 Å². The van der Waals surface area contributed by atoms with Gasteiger partial charge >= 0.3 is 0 Å². The Kier molecular flexibility index (Phi) is 7.43. The minimum atomic E-state index is 0.592. The molecule has 0 saturated heterocycles. The smallest absolute Gasteiger partial charge is 0.164 e. The standard InChI is InChI=1S/C49H31N3O/c1-5-15-32(16-6-1)38-25-39(33-17-7-2-8-18-33)27-40(26-38)48-50-47(35-21-11-4-12-22-35)51-49(52-48)41-29-42(34-19-9-3-10-20-34)46-44(30-41)43-28-36-23-13-14-24-37(36)31-45(43)53-46/h1-31H. The largest absolute Gasteiger partial charge is 0.455 e. The molecule has 10 aromatic rings. The minimum Gasteiger partial charge on any atom is -0.455 e. The summed E-state index contributed by atoms with van der Waals surface area (Å²) >= 11 is 0. The van der Waals surface area contributed by atoms with Crippen LogP contribution < -0.4 is 0 Å². The topological polar surface area (TPSA) is 51.8 Å². The summed E-state index contributed by atoms with van der Waals surface area (Å²) in [6.45, 7) is 0. The average molecular weight is 678 g/mol. The monoisotopic (exact) mass is 677 g/mol. The van der Waals surface area contributed by atoms with E-state index in [4.69, 9.17) is 19.4 Å². The SMILES string of the molecule is c1ccc(-c2cc(-c3ccccc3)cc(-c3nc(-c4ccccc4)nc(-c4cc(-c5ccccc5)c5oc6cc7ccccc7cc6c5c4)n3)c2)cc1. The lowest BCUT2D eigenvalue weighted by atomic mass is 9.95. The zero-order valence-electron chi connectivity index (χ0n) is 28.6. The maximum Gasteiger partial charge on any atom is 0.164 e. The number of fused-ring (bicyclic) bond motifs is 4. The Morgan fingerprint density at radius 1 is 0.302 bits per heavy atom. The third kappa shape index (κ3) is 5.73. The van der Waals surface area contributed by atoms with Crippen molar-refractivity contribution in [2.24, 2.45) is 0 Å². The van der Waals surface area contributed by atoms with Crippen LogP contribution in [0.1, 0.15) is 0 Å². The van der Waals surface area contributed by atoms with Crippen LogP contribution in [0.2, 0.25) is 0 Å². The molecule has 0 amide bonds. The molecule has 0 N–H and O–H groups in total. The highest BCUT2D eigenvalue weighted by Gasteiger charge is 2.20. The fourth-order valence-electron chi connectivity index (χ4n) is 7.23. The number of aromatic nitrogens is 3. The van der Waals surface area contributed by atoms with Crippen LogP contribution in [0.15, 0.2) is 192 Å². The Morgan fingerprint density at radius 2 is 0.736 bits per heavy atom. The van der Waals surface area contributed by atoms with E-state index in [0.717, 1.165) is 82.8 Å². The second-order valence-corrected chi connectivity index (χ2v) is 13.3. The van der Waals surface area contributed by atoms with Gasteiger partial charge in [-0.3, -0.25) is 0 Å². The molecule has 0 bridgehead atoms. The van der Waals surface area contributed by atoms with E-state index in [9.17, 15) is 0 Å². The molecule has 0 radical (unpaired) electrons. The first kappa shape index (κ1) is 30.6. The Hall–Kier alpha value is -7.17. The zero-order valence-corrected chi connectivity index (χ0v) is 28.6. The third-order valence-corrected chi connectivity index (χ3v) is 9.85. The third-order valence-electron chi connectivity index (χ3n) is 9.85. The number of hydrogen-bond donors (Lipinski definition) is 0. The Labute approximate surface area is 306 Å². The first-order chi connectivity index (χ1) is 26.2. The molecule has 10 rings (SSSR count). The van der Waals surface area contributed by atoms with Crippen LogP contribution in [0.25, 0.3) is 100 Å². The summed E-state index contributed by atoms with van der Waals surface area (Å²) < 4.78 is 6.68. The van der Waals surface area contributed by atoms with Crippen LogP contribution >= 0.6 is 0 Å². The molecule has 0 unspecified atom stereocenters. The van der Waals surface area contributed by atoms with Gasteiger partial charge in [0, 0.05) is 33.0 Å². The van der Waals surface area contributed by atoms with Gasteiger partial charge in [-0.25, -0.2) is 15.0 Å². The minimum absolute atomic E-state index is 0.592. The van der Waals surface area contributed by atoms with Crippen LogP contribution in [0.4, 0.5) is 0 Å². The summed E-state index contributed by atoms with van der Waals surface area (Å²) in [7, 11) is 0. The van der Waals surface area contributed by atoms with Crippen LogP contribution in [0, 0.1) is 0 Å². The summed E-state index contributed by atoms with van der Waals surface area (Å²) in [5.41, 5.74) is 10.9. The van der Waals surface area contributed by atoms with E-state index in [1.165, 1.54) is 0 Å². The average Bonchev–Trinajstić information content (AvgIpc) is 3.60. The van der Waals surface area contributed by atoms with Crippen molar-refractivity contribution in [3.8, 4) is 67.5 Å². The van der Waals surface area contributed by atoms with Gasteiger partial charge in [-0.2, -0.15) is 0 Å². The first-order valence-electron chi connectivity index (χ1n) is 17.8. The molecule has 0 aliphatic heterocycles. The van der Waals surface area contributed by atoms with Crippen molar-refractivity contribution in [2.75, 3.05) is 0 Å². The molecule has 0 atom stereocenters. The van der Waals surface area contributed by atoms with Crippen LogP contribution in [0.5, 0.6) is 0 Å². The lowest BCUT2D eigenvalue weighted by molar-refractivity contribution is 0.670. The van der Waals surface area contributed by atoms with Gasteiger partial charge in [-0.05, 0) is 81.1 Å². The van der Waals surface area contributed by atoms with Crippen LogP contribution in [0.3, 0.4) is 0 Å². The second kappa shape index (κ2) is 12.9. The van der Waals surface area contributed by atoms with E-state index in [1.54, 1.807) is 0 Å². The summed E-state index contributed by atoms with van der Waals surface area (Å²) in [4.78, 5) is 15.6. The van der Waals surface area contributed by atoms with E-state index >= 15 is 0 Å². The van der Waals surface area contributed by atoms with Gasteiger partial charge in [0.05, 0.1) is 0 Å². The molecule has 2 heterocycles. The molecule has 248 valence electrons. The molecule has 0 spiro atoms. The fraction of sp³-hybridized carbons (Fsp3) is 0. The van der Waals surface area contributed by atoms with Crippen LogP contribution in [-0.2, 0) is 0 Å². The zero-order chi connectivity index (χ0) is 35.1. The molecule has 4 nitrogen and oxygen atoms in total. The van der Waals surface area contributed by atoms with Gasteiger partial charge in [0.2, 0.25) is 0 Å². The number of nitrogens with zero attached hydrogens (tertiary/aromatic N) is 3. The highest BCUT2D eigenvalue weighted by molar-refractivity contribution is 6.14. The Morgan fingerprint density at radius 3 is 1.30 bits per heavy atom. The van der Waals surface area contributed by atoms with E-state index in [1.807, 2.05) is 48.5 Å². The fourth-order valence-corrected chi connectivity index (χ4v) is 7.23. The van der Waals surface area contributed by atoms with E-state index in [-0.39, 0.29) is 0 Å². The maximum absolute atomic E-state index is 6.68. The first-order valence-corrected chi connectivity index (χ1v) is 17.8. The maximum atomic E-state index is 6.68. The molecule has 4 heteroatoms. The lowest BCUT2D eigenvalue weighted by Gasteiger charge is -2.13. The normalized spacial score (nSPS) is 11.4. The second-order valence-electron chi connectivity index (χ2n) is 13.3. The molecule has 0 aliphatic rings. The van der Waals surface area contributed by atoms with Crippen molar-refractivity contribution in [1.29, 1.82) is 0 Å². The van der Waals surface area contributed by atoms with Gasteiger partial charge in [0.25, 0.3) is 0 Å². The highest BCUT2D eigenvalue weighted by Crippen LogP contribution is 2.41. The number of furan rings is 1. The van der Waals surface area contributed by atoms with Gasteiger partial charge in [-0.1, -0.05) is 146 Å². The summed E-state index contributed by atoms with van der Waals surface area (Å²) in [6.07, 6.45) is 0. The van der Waals surface area contributed by atoms with Crippen molar-refractivity contribution < 1.29 is 4.42 Å². The molecule has 53 heavy (non-hydrogen) atoms. The van der Waals surface area contributed by atoms with Crippen molar-refractivity contribution in [2.45, 2.75) is 0 Å². The van der Waals surface area contributed by atoms with E-state index in [0.29, 0.717) is 17.5 Å². The Bertz CT molecular complexity index is 2860. The number of hydrogen-bond acceptors (Lipinski definition) is 4. The molecule has 8 aromatic carbocycles. The van der Waals surface area contributed by atoms with Gasteiger partial charge in [0.1, 0.15) is 11.2 Å². The summed E-state index contributed by atoms with van der Waals surface area (Å²) in [5.74, 6) is 1.81. The van der Waals surface area contributed by atoms with Crippen molar-refractivity contribution in [3.05, 3.63) is 188 Å². The molecule has 0 saturated carbocycles. The molecular weight excluding hydrogens is 647 g/mol. The molecule has 0 aliphatic carbocycles. The van der Waals surface area contributed by atoms with Crippen LogP contribution in [-0.4, -0.2) is 15.0 Å². The molecule has 0 fully saturated rings. The van der Waals surface area contributed by atoms with Gasteiger partial charge < -0.3 is 4.42 Å². The summed E-state index contributed by atoms with van der Waals surface area (Å²) in [5, 5.41) is 4.37. The highest BCUT2D eigenvalue weighted by atomic mass is 16.3. The van der Waals surface area contributed by atoms with E-state index in [2.05, 4.69) is 140 Å². The molecule has 2 aromatic heterocycles. The number of benzene rings is 8. The predicted octanol–water partition coefficient (Wildman–Crippen LogP) is 12.9. The van der Waals surface area contributed by atoms with Gasteiger partial charge in [0.15, 0.2) is 17.5 Å². The summed E-state index contributed by atoms with van der Waals surface area (Å²) in [6, 6.07) is 65.2. The van der Waals surface area contributed by atoms with E-state index < -0.39 is 0 Å². The predicted molar refractivity (Wildman–Crippen MR) is 217 cm³/mol. The van der Waals surface area contributed by atoms with Crippen molar-refractivity contribution in [3.63, 3.8) is 0 Å². The number of rotatable bonds is 6. The van der Waals surface area contributed by atoms with Crippen molar-refractivity contribution >= 4 is 32.7 Å².